The van der Waals surface area contributed by atoms with E-state index in [4.69, 9.17) is 16.7 Å². The molecule has 114 valence electrons. The van der Waals surface area contributed by atoms with Gasteiger partial charge in [0, 0.05) is 24.2 Å². The molecule has 2 rings (SSSR count). The van der Waals surface area contributed by atoms with Gasteiger partial charge >= 0.3 is 5.97 Å². The van der Waals surface area contributed by atoms with Gasteiger partial charge in [-0.2, -0.15) is 0 Å². The van der Waals surface area contributed by atoms with Crippen molar-refractivity contribution in [2.24, 2.45) is 5.92 Å². The highest BCUT2D eigenvalue weighted by Crippen LogP contribution is 2.19. The van der Waals surface area contributed by atoms with Crippen LogP contribution in [0.25, 0.3) is 6.08 Å². The number of amides is 1. The Bertz CT molecular complexity index is 572. The molecule has 0 radical (unpaired) electrons. The van der Waals surface area contributed by atoms with Gasteiger partial charge in [-0.25, -0.2) is 0 Å². The van der Waals surface area contributed by atoms with Crippen LogP contribution in [0.2, 0.25) is 5.02 Å². The molecule has 0 bridgehead atoms. The molecule has 0 spiro atoms. The first-order chi connectivity index (χ1) is 9.47. The monoisotopic (exact) mass is 329 g/mol. The van der Waals surface area contributed by atoms with Crippen molar-refractivity contribution in [3.63, 3.8) is 0 Å². The normalized spacial score (nSPS) is 17.8. The van der Waals surface area contributed by atoms with Crippen LogP contribution in [-0.2, 0) is 9.59 Å². The third-order valence-electron chi connectivity index (χ3n) is 3.46. The third kappa shape index (κ3) is 4.48. The number of likely N-dealkylation sites (tertiary alicyclic amines) is 1. The number of benzene rings is 1. The molecule has 4 nitrogen and oxygen atoms in total. The predicted molar refractivity (Wildman–Crippen MR) is 84.8 cm³/mol. The number of halogens is 2. The van der Waals surface area contributed by atoms with E-state index in [2.05, 4.69) is 0 Å². The van der Waals surface area contributed by atoms with Crippen LogP contribution in [0.15, 0.2) is 24.3 Å². The molecule has 1 saturated heterocycles. The van der Waals surface area contributed by atoms with Gasteiger partial charge in [-0.1, -0.05) is 23.7 Å². The van der Waals surface area contributed by atoms with E-state index in [1.54, 1.807) is 17.0 Å². The van der Waals surface area contributed by atoms with Crippen LogP contribution in [0, 0.1) is 12.8 Å². The summed E-state index contributed by atoms with van der Waals surface area (Å²) >= 11 is 6.02. The van der Waals surface area contributed by atoms with E-state index < -0.39 is 11.9 Å². The van der Waals surface area contributed by atoms with Crippen LogP contribution in [0.3, 0.4) is 0 Å². The van der Waals surface area contributed by atoms with Crippen molar-refractivity contribution in [1.82, 2.24) is 4.90 Å². The molecule has 21 heavy (non-hydrogen) atoms. The Balaban J connectivity index is 0.00000220. The molecule has 0 aliphatic carbocycles. The number of carbonyl (C=O) groups is 2. The Morgan fingerprint density at radius 2 is 2.14 bits per heavy atom. The second-order valence-corrected chi connectivity index (χ2v) is 5.36. The minimum atomic E-state index is -0.838. The number of aryl methyl sites for hydroxylation is 1. The average Bonchev–Trinajstić information content (AvgIpc) is 2.89. The fourth-order valence-electron chi connectivity index (χ4n) is 2.15. The van der Waals surface area contributed by atoms with Crippen molar-refractivity contribution in [3.8, 4) is 0 Å². The SMILES string of the molecule is Cc1ccc(C=CC(=O)N2CCC(C(=O)O)C2)cc1Cl.Cl. The Labute approximate surface area is 134 Å². The smallest absolute Gasteiger partial charge is 0.308 e. The molecule has 1 heterocycles. The van der Waals surface area contributed by atoms with Gasteiger partial charge in [0.25, 0.3) is 0 Å². The lowest BCUT2D eigenvalue weighted by atomic mass is 10.1. The van der Waals surface area contributed by atoms with Crippen LogP contribution >= 0.6 is 24.0 Å². The Kier molecular flexibility index (Phi) is 6.24. The van der Waals surface area contributed by atoms with E-state index in [0.29, 0.717) is 18.0 Å². The minimum absolute atomic E-state index is 0. The number of carboxylic acid groups (broad SMARTS) is 1. The van der Waals surface area contributed by atoms with Gasteiger partial charge in [-0.05, 0) is 36.6 Å². The molecule has 6 heteroatoms. The first-order valence-electron chi connectivity index (χ1n) is 6.43. The maximum atomic E-state index is 12.0. The number of rotatable bonds is 3. The van der Waals surface area contributed by atoms with Crippen LogP contribution < -0.4 is 0 Å². The standard InChI is InChI=1S/C15H16ClNO3.ClH/c1-10-2-3-11(8-13(10)16)4-5-14(18)17-7-6-12(9-17)15(19)20;/h2-5,8,12H,6-7,9H2,1H3,(H,19,20);1H. The average molecular weight is 330 g/mol. The Morgan fingerprint density at radius 3 is 2.71 bits per heavy atom. The van der Waals surface area contributed by atoms with E-state index in [1.807, 2.05) is 19.1 Å². The lowest BCUT2D eigenvalue weighted by molar-refractivity contribution is -0.141. The fourth-order valence-corrected chi connectivity index (χ4v) is 2.34. The van der Waals surface area contributed by atoms with E-state index in [1.165, 1.54) is 6.08 Å². The van der Waals surface area contributed by atoms with Gasteiger partial charge in [-0.3, -0.25) is 9.59 Å². The maximum absolute atomic E-state index is 12.0. The molecule has 1 aromatic rings. The zero-order chi connectivity index (χ0) is 14.7. The quantitative estimate of drug-likeness (QED) is 0.867. The van der Waals surface area contributed by atoms with Gasteiger partial charge in [0.2, 0.25) is 5.91 Å². The molecule has 1 N–H and O–H groups in total. The zero-order valence-electron chi connectivity index (χ0n) is 11.6. The maximum Gasteiger partial charge on any atom is 0.308 e. The number of aliphatic carboxylic acids is 1. The molecule has 1 aliphatic heterocycles. The molecule has 1 aliphatic rings. The molecular weight excluding hydrogens is 313 g/mol. The second kappa shape index (κ2) is 7.48. The zero-order valence-corrected chi connectivity index (χ0v) is 13.2. The fraction of sp³-hybridized carbons (Fsp3) is 0.333. The minimum Gasteiger partial charge on any atom is -0.481 e. The Hall–Kier alpha value is -1.52. The van der Waals surface area contributed by atoms with Gasteiger partial charge in [0.15, 0.2) is 0 Å². The van der Waals surface area contributed by atoms with Crippen LogP contribution in [0.4, 0.5) is 0 Å². The second-order valence-electron chi connectivity index (χ2n) is 4.95. The van der Waals surface area contributed by atoms with E-state index in [9.17, 15) is 9.59 Å². The van der Waals surface area contributed by atoms with E-state index in [-0.39, 0.29) is 24.9 Å². The summed E-state index contributed by atoms with van der Waals surface area (Å²) in [5, 5.41) is 9.57. The van der Waals surface area contributed by atoms with Crippen molar-refractivity contribution in [1.29, 1.82) is 0 Å². The van der Waals surface area contributed by atoms with Crippen LogP contribution in [-0.4, -0.2) is 35.0 Å². The lowest BCUT2D eigenvalue weighted by Crippen LogP contribution is -2.28. The van der Waals surface area contributed by atoms with E-state index >= 15 is 0 Å². The predicted octanol–water partition coefficient (Wildman–Crippen LogP) is 3.02. The van der Waals surface area contributed by atoms with Gasteiger partial charge < -0.3 is 10.0 Å². The summed E-state index contributed by atoms with van der Waals surface area (Å²) in [6.45, 7) is 2.69. The highest BCUT2D eigenvalue weighted by atomic mass is 35.5. The molecule has 0 aromatic heterocycles. The summed E-state index contributed by atoms with van der Waals surface area (Å²) in [7, 11) is 0. The first-order valence-corrected chi connectivity index (χ1v) is 6.81. The number of hydrogen-bond acceptors (Lipinski definition) is 2. The van der Waals surface area contributed by atoms with Gasteiger partial charge in [0.1, 0.15) is 0 Å². The molecular formula is C15H17Cl2NO3. The topological polar surface area (TPSA) is 57.6 Å². The number of carboxylic acids is 1. The van der Waals surface area contributed by atoms with Gasteiger partial charge in [-0.15, -0.1) is 12.4 Å². The summed E-state index contributed by atoms with van der Waals surface area (Å²) in [6.07, 6.45) is 3.68. The van der Waals surface area contributed by atoms with Crippen molar-refractivity contribution < 1.29 is 14.7 Å². The largest absolute Gasteiger partial charge is 0.481 e. The molecule has 0 saturated carbocycles. The number of carbonyl (C=O) groups excluding carboxylic acids is 1. The summed E-state index contributed by atoms with van der Waals surface area (Å²) in [5.41, 5.74) is 1.84. The van der Waals surface area contributed by atoms with Crippen molar-refractivity contribution in [2.75, 3.05) is 13.1 Å². The van der Waals surface area contributed by atoms with Crippen molar-refractivity contribution in [3.05, 3.63) is 40.4 Å². The van der Waals surface area contributed by atoms with Crippen molar-refractivity contribution >= 4 is 42.0 Å². The molecule has 1 aromatic carbocycles. The van der Waals surface area contributed by atoms with Crippen LogP contribution in [0.5, 0.6) is 0 Å². The van der Waals surface area contributed by atoms with Gasteiger partial charge in [0.05, 0.1) is 5.92 Å². The number of hydrogen-bond donors (Lipinski definition) is 1. The van der Waals surface area contributed by atoms with Crippen molar-refractivity contribution in [2.45, 2.75) is 13.3 Å². The molecule has 1 unspecified atom stereocenters. The summed E-state index contributed by atoms with van der Waals surface area (Å²) in [6, 6.07) is 5.57. The lowest BCUT2D eigenvalue weighted by Gasteiger charge is -2.12. The first kappa shape index (κ1) is 17.5. The molecule has 1 atom stereocenters. The molecule has 1 fully saturated rings. The summed E-state index contributed by atoms with van der Waals surface area (Å²) in [4.78, 5) is 24.4. The Morgan fingerprint density at radius 1 is 1.43 bits per heavy atom. The summed E-state index contributed by atoms with van der Waals surface area (Å²) < 4.78 is 0. The van der Waals surface area contributed by atoms with Crippen LogP contribution in [0.1, 0.15) is 17.5 Å². The highest BCUT2D eigenvalue weighted by Gasteiger charge is 2.29. The van der Waals surface area contributed by atoms with E-state index in [0.717, 1.165) is 11.1 Å². The summed E-state index contributed by atoms with van der Waals surface area (Å²) in [5.74, 6) is -1.44. The highest BCUT2D eigenvalue weighted by molar-refractivity contribution is 6.31. The number of nitrogens with zero attached hydrogens (tertiary/aromatic N) is 1. The third-order valence-corrected chi connectivity index (χ3v) is 3.87. The molecule has 1 amide bonds.